The molecule has 0 spiro atoms. The highest BCUT2D eigenvalue weighted by Crippen LogP contribution is 2.11. The molecular formula is C10H12N2OS. The Hall–Kier alpha value is -1.31. The first kappa shape index (κ1) is 10.8. The molecule has 0 radical (unpaired) electrons. The predicted octanol–water partition coefficient (Wildman–Crippen LogP) is 0.483. The Morgan fingerprint density at radius 3 is 3.07 bits per heavy atom. The maximum atomic E-state index is 10.7. The second-order valence-corrected chi connectivity index (χ2v) is 3.84. The molecule has 0 unspecified atom stereocenters. The zero-order chi connectivity index (χ0) is 10.4. The van der Waals surface area contributed by atoms with Crippen LogP contribution < -0.4 is 11.1 Å². The maximum absolute atomic E-state index is 10.7. The van der Waals surface area contributed by atoms with Gasteiger partial charge < -0.3 is 11.1 Å². The average molecular weight is 208 g/mol. The molecule has 1 aromatic heterocycles. The van der Waals surface area contributed by atoms with Crippen LogP contribution in [0.4, 0.5) is 0 Å². The van der Waals surface area contributed by atoms with Crippen molar-refractivity contribution in [2.45, 2.75) is 6.92 Å². The second kappa shape index (κ2) is 5.43. The fraction of sp³-hybridized carbons (Fsp3) is 0.300. The minimum absolute atomic E-state index is 0.0131. The van der Waals surface area contributed by atoms with E-state index in [2.05, 4.69) is 17.2 Å². The molecule has 4 heteroatoms. The summed E-state index contributed by atoms with van der Waals surface area (Å²) in [5.74, 6) is 5.62. The zero-order valence-electron chi connectivity index (χ0n) is 7.96. The average Bonchev–Trinajstić information content (AvgIpc) is 2.58. The van der Waals surface area contributed by atoms with Gasteiger partial charge in [-0.15, -0.1) is 11.3 Å². The van der Waals surface area contributed by atoms with E-state index in [0.717, 1.165) is 5.56 Å². The number of hydrogen-bond acceptors (Lipinski definition) is 3. The van der Waals surface area contributed by atoms with Crippen molar-refractivity contribution in [2.24, 2.45) is 5.73 Å². The fourth-order valence-electron chi connectivity index (χ4n) is 0.870. The van der Waals surface area contributed by atoms with E-state index in [1.165, 1.54) is 4.88 Å². The summed E-state index contributed by atoms with van der Waals surface area (Å²) < 4.78 is 0. The Morgan fingerprint density at radius 1 is 1.71 bits per heavy atom. The summed E-state index contributed by atoms with van der Waals surface area (Å²) in [6.45, 7) is 2.40. The van der Waals surface area contributed by atoms with E-state index in [0.29, 0.717) is 6.54 Å². The summed E-state index contributed by atoms with van der Waals surface area (Å²) in [6.07, 6.45) is 0. The van der Waals surface area contributed by atoms with Crippen molar-refractivity contribution >= 4 is 17.2 Å². The van der Waals surface area contributed by atoms with Gasteiger partial charge in [-0.3, -0.25) is 4.79 Å². The van der Waals surface area contributed by atoms with Gasteiger partial charge in [-0.25, -0.2) is 0 Å². The van der Waals surface area contributed by atoms with Crippen LogP contribution in [0.2, 0.25) is 0 Å². The number of carbonyl (C=O) groups excluding carboxylic acids is 1. The molecule has 0 saturated carbocycles. The second-order valence-electron chi connectivity index (χ2n) is 2.73. The van der Waals surface area contributed by atoms with Crippen LogP contribution in [0.25, 0.3) is 0 Å². The Balaban J connectivity index is 2.38. The SMILES string of the molecule is Cc1cc(C#CCNC(=O)CN)cs1. The normalized spacial score (nSPS) is 9.00. The van der Waals surface area contributed by atoms with Gasteiger partial charge >= 0.3 is 0 Å². The molecule has 1 amide bonds. The van der Waals surface area contributed by atoms with Crippen molar-refractivity contribution < 1.29 is 4.79 Å². The molecule has 3 N–H and O–H groups in total. The molecule has 14 heavy (non-hydrogen) atoms. The minimum Gasteiger partial charge on any atom is -0.344 e. The topological polar surface area (TPSA) is 55.1 Å². The Bertz CT molecular complexity index is 373. The smallest absolute Gasteiger partial charge is 0.234 e. The zero-order valence-corrected chi connectivity index (χ0v) is 8.78. The molecule has 1 heterocycles. The van der Waals surface area contributed by atoms with Crippen molar-refractivity contribution in [3.8, 4) is 11.8 Å². The Kier molecular flexibility index (Phi) is 4.17. The molecule has 0 fully saturated rings. The number of carbonyl (C=O) groups is 1. The number of amides is 1. The van der Waals surface area contributed by atoms with Crippen molar-refractivity contribution in [1.29, 1.82) is 0 Å². The van der Waals surface area contributed by atoms with Gasteiger partial charge in [0.15, 0.2) is 0 Å². The number of aryl methyl sites for hydroxylation is 1. The third-order valence-corrected chi connectivity index (χ3v) is 2.38. The molecule has 0 aliphatic heterocycles. The van der Waals surface area contributed by atoms with Crippen LogP contribution in [0.3, 0.4) is 0 Å². The lowest BCUT2D eigenvalue weighted by atomic mass is 10.3. The van der Waals surface area contributed by atoms with Gasteiger partial charge in [-0.05, 0) is 13.0 Å². The summed E-state index contributed by atoms with van der Waals surface area (Å²) in [7, 11) is 0. The summed E-state index contributed by atoms with van der Waals surface area (Å²) >= 11 is 1.66. The first-order valence-corrected chi connectivity index (χ1v) is 5.11. The van der Waals surface area contributed by atoms with Gasteiger partial charge in [0.2, 0.25) is 5.91 Å². The van der Waals surface area contributed by atoms with E-state index in [9.17, 15) is 4.79 Å². The molecule has 0 atom stereocenters. The van der Waals surface area contributed by atoms with E-state index in [1.54, 1.807) is 11.3 Å². The highest BCUT2D eigenvalue weighted by molar-refractivity contribution is 7.10. The third kappa shape index (κ3) is 3.60. The molecule has 0 bridgehead atoms. The van der Waals surface area contributed by atoms with E-state index in [4.69, 9.17) is 5.73 Å². The first-order chi connectivity index (χ1) is 6.72. The minimum atomic E-state index is -0.180. The maximum Gasteiger partial charge on any atom is 0.234 e. The lowest BCUT2D eigenvalue weighted by molar-refractivity contribution is -0.119. The molecule has 0 saturated heterocycles. The van der Waals surface area contributed by atoms with Crippen LogP contribution in [-0.2, 0) is 4.79 Å². The van der Waals surface area contributed by atoms with E-state index < -0.39 is 0 Å². The summed E-state index contributed by atoms with van der Waals surface area (Å²) in [6, 6.07) is 2.02. The van der Waals surface area contributed by atoms with Crippen LogP contribution in [0.15, 0.2) is 11.4 Å². The molecule has 1 aromatic rings. The summed E-state index contributed by atoms with van der Waals surface area (Å²) in [5.41, 5.74) is 6.11. The van der Waals surface area contributed by atoms with Gasteiger partial charge in [0.05, 0.1) is 13.1 Å². The van der Waals surface area contributed by atoms with Gasteiger partial charge in [-0.1, -0.05) is 11.8 Å². The van der Waals surface area contributed by atoms with Gasteiger partial charge in [0.1, 0.15) is 0 Å². The van der Waals surface area contributed by atoms with E-state index >= 15 is 0 Å². The van der Waals surface area contributed by atoms with Gasteiger partial charge in [-0.2, -0.15) is 0 Å². The number of thiophene rings is 1. The first-order valence-electron chi connectivity index (χ1n) is 4.23. The number of hydrogen-bond donors (Lipinski definition) is 2. The predicted molar refractivity (Wildman–Crippen MR) is 58.0 cm³/mol. The largest absolute Gasteiger partial charge is 0.344 e. The van der Waals surface area contributed by atoms with E-state index in [-0.39, 0.29) is 12.5 Å². The van der Waals surface area contributed by atoms with Crippen molar-refractivity contribution in [3.63, 3.8) is 0 Å². The highest BCUT2D eigenvalue weighted by Gasteiger charge is 1.92. The number of nitrogens with one attached hydrogen (secondary N) is 1. The van der Waals surface area contributed by atoms with Crippen LogP contribution in [-0.4, -0.2) is 19.0 Å². The molecule has 74 valence electrons. The van der Waals surface area contributed by atoms with Crippen LogP contribution >= 0.6 is 11.3 Å². The summed E-state index contributed by atoms with van der Waals surface area (Å²) in [4.78, 5) is 12.0. The van der Waals surface area contributed by atoms with Gasteiger partial charge in [0.25, 0.3) is 0 Å². The Labute approximate surface area is 87.3 Å². The molecule has 0 aromatic carbocycles. The number of nitrogens with two attached hydrogens (primary N) is 1. The molecule has 0 aliphatic carbocycles. The Morgan fingerprint density at radius 2 is 2.50 bits per heavy atom. The quantitative estimate of drug-likeness (QED) is 0.695. The monoisotopic (exact) mass is 208 g/mol. The standard InChI is InChI=1S/C10H12N2OS/c1-8-5-9(7-14-8)3-2-4-12-10(13)6-11/h5,7H,4,6,11H2,1H3,(H,12,13). The number of rotatable bonds is 2. The molecule has 3 nitrogen and oxygen atoms in total. The molecular weight excluding hydrogens is 196 g/mol. The van der Waals surface area contributed by atoms with Crippen molar-refractivity contribution in [2.75, 3.05) is 13.1 Å². The third-order valence-electron chi connectivity index (χ3n) is 1.52. The molecule has 1 rings (SSSR count). The van der Waals surface area contributed by atoms with E-state index in [1.807, 2.05) is 18.4 Å². The van der Waals surface area contributed by atoms with Crippen LogP contribution in [0, 0.1) is 18.8 Å². The summed E-state index contributed by atoms with van der Waals surface area (Å²) in [5, 5.41) is 4.57. The van der Waals surface area contributed by atoms with Gasteiger partial charge in [0, 0.05) is 15.8 Å². The lowest BCUT2D eigenvalue weighted by Gasteiger charge is -1.94. The molecule has 0 aliphatic rings. The highest BCUT2D eigenvalue weighted by atomic mass is 32.1. The van der Waals surface area contributed by atoms with Crippen molar-refractivity contribution in [3.05, 3.63) is 21.9 Å². The van der Waals surface area contributed by atoms with Crippen molar-refractivity contribution in [1.82, 2.24) is 5.32 Å². The fourth-order valence-corrected chi connectivity index (χ4v) is 1.51. The van der Waals surface area contributed by atoms with Crippen LogP contribution in [0.5, 0.6) is 0 Å². The lowest BCUT2D eigenvalue weighted by Crippen LogP contribution is -2.30. The van der Waals surface area contributed by atoms with Crippen LogP contribution in [0.1, 0.15) is 10.4 Å².